The van der Waals surface area contributed by atoms with Gasteiger partial charge in [-0.05, 0) is 31.8 Å². The molecule has 0 amide bonds. The van der Waals surface area contributed by atoms with Gasteiger partial charge in [0.2, 0.25) is 0 Å². The highest BCUT2D eigenvalue weighted by molar-refractivity contribution is 6.35. The second-order valence-corrected chi connectivity index (χ2v) is 6.11. The van der Waals surface area contributed by atoms with Crippen LogP contribution in [0.4, 0.5) is 0 Å². The molecule has 0 radical (unpaired) electrons. The van der Waals surface area contributed by atoms with Crippen molar-refractivity contribution in [2.45, 2.75) is 12.6 Å². The van der Waals surface area contributed by atoms with E-state index in [1.807, 2.05) is 12.1 Å². The first-order valence-electron chi connectivity index (χ1n) is 6.59. The molecule has 1 unspecified atom stereocenters. The summed E-state index contributed by atoms with van der Waals surface area (Å²) in [5.74, 6) is 0. The van der Waals surface area contributed by atoms with Gasteiger partial charge in [-0.3, -0.25) is 4.90 Å². The fourth-order valence-electron chi connectivity index (χ4n) is 2.36. The third-order valence-corrected chi connectivity index (χ3v) is 4.28. The maximum Gasteiger partial charge on any atom is 0.0465 e. The molecular weight excluding hydrogens is 281 g/mol. The molecule has 106 valence electrons. The molecule has 1 fully saturated rings. The first kappa shape index (κ1) is 15.1. The number of nitrogens with zero attached hydrogens (tertiary/aromatic N) is 2. The molecule has 5 heteroatoms. The minimum Gasteiger partial charge on any atom is -0.311 e. The Bertz CT molecular complexity index is 425. The van der Waals surface area contributed by atoms with Gasteiger partial charge in [0.05, 0.1) is 0 Å². The fraction of sp³-hybridized carbons (Fsp3) is 0.571. The molecule has 0 aliphatic carbocycles. The number of nitrogens with one attached hydrogen (secondary N) is 1. The highest BCUT2D eigenvalue weighted by atomic mass is 35.5. The van der Waals surface area contributed by atoms with Crippen LogP contribution in [0.25, 0.3) is 0 Å². The van der Waals surface area contributed by atoms with Gasteiger partial charge in [-0.2, -0.15) is 0 Å². The molecule has 1 N–H and O–H groups in total. The van der Waals surface area contributed by atoms with Gasteiger partial charge >= 0.3 is 0 Å². The number of hydrogen-bond donors (Lipinski definition) is 1. The van der Waals surface area contributed by atoms with E-state index in [1.165, 1.54) is 0 Å². The van der Waals surface area contributed by atoms with E-state index < -0.39 is 0 Å². The summed E-state index contributed by atoms with van der Waals surface area (Å²) in [5, 5.41) is 4.90. The van der Waals surface area contributed by atoms with Crippen LogP contribution in [-0.4, -0.2) is 56.1 Å². The number of likely N-dealkylation sites (N-methyl/N-ethyl adjacent to an activating group) is 2. The van der Waals surface area contributed by atoms with Gasteiger partial charge in [0.15, 0.2) is 0 Å². The molecule has 0 aromatic heterocycles. The lowest BCUT2D eigenvalue weighted by atomic mass is 10.1. The van der Waals surface area contributed by atoms with Crippen molar-refractivity contribution in [2.24, 2.45) is 0 Å². The Kier molecular flexibility index (Phi) is 5.48. The van der Waals surface area contributed by atoms with Crippen molar-refractivity contribution in [3.63, 3.8) is 0 Å². The predicted molar refractivity (Wildman–Crippen MR) is 82.1 cm³/mol. The van der Waals surface area contributed by atoms with Crippen molar-refractivity contribution in [3.8, 4) is 0 Å². The molecule has 1 heterocycles. The summed E-state index contributed by atoms with van der Waals surface area (Å²) in [5.41, 5.74) is 1.10. The second kappa shape index (κ2) is 6.91. The molecule has 1 atom stereocenters. The van der Waals surface area contributed by atoms with Crippen molar-refractivity contribution in [1.29, 1.82) is 0 Å². The van der Waals surface area contributed by atoms with Gasteiger partial charge in [0.25, 0.3) is 0 Å². The monoisotopic (exact) mass is 301 g/mol. The summed E-state index contributed by atoms with van der Waals surface area (Å²) in [6, 6.07) is 6.21. The van der Waals surface area contributed by atoms with Gasteiger partial charge in [0.1, 0.15) is 0 Å². The van der Waals surface area contributed by atoms with Gasteiger partial charge in [-0.15, -0.1) is 0 Å². The summed E-state index contributed by atoms with van der Waals surface area (Å²) in [6.07, 6.45) is 0. The number of benzene rings is 1. The Labute approximate surface area is 125 Å². The minimum absolute atomic E-state index is 0.560. The molecule has 19 heavy (non-hydrogen) atoms. The molecule has 3 nitrogen and oxygen atoms in total. The zero-order valence-electron chi connectivity index (χ0n) is 11.5. The lowest BCUT2D eigenvalue weighted by molar-refractivity contribution is 0.113. The van der Waals surface area contributed by atoms with Gasteiger partial charge in [-0.25, -0.2) is 0 Å². The van der Waals surface area contributed by atoms with Crippen LogP contribution in [0.5, 0.6) is 0 Å². The smallest absolute Gasteiger partial charge is 0.0465 e. The highest BCUT2D eigenvalue weighted by Crippen LogP contribution is 2.20. The van der Waals surface area contributed by atoms with E-state index in [0.717, 1.165) is 43.3 Å². The van der Waals surface area contributed by atoms with Crippen LogP contribution in [0.2, 0.25) is 10.0 Å². The van der Waals surface area contributed by atoms with Crippen LogP contribution in [0.3, 0.4) is 0 Å². The number of piperazine rings is 1. The molecule has 1 saturated heterocycles. The van der Waals surface area contributed by atoms with Gasteiger partial charge in [-0.1, -0.05) is 29.3 Å². The maximum absolute atomic E-state index is 6.16. The maximum atomic E-state index is 6.16. The molecule has 1 aromatic carbocycles. The Morgan fingerprint density at radius 2 is 2.05 bits per heavy atom. The quantitative estimate of drug-likeness (QED) is 0.921. The largest absolute Gasteiger partial charge is 0.311 e. The number of rotatable bonds is 4. The van der Waals surface area contributed by atoms with E-state index in [-0.39, 0.29) is 0 Å². The van der Waals surface area contributed by atoms with Crippen LogP contribution in [0, 0.1) is 0 Å². The van der Waals surface area contributed by atoms with Gasteiger partial charge < -0.3 is 10.2 Å². The lowest BCUT2D eigenvalue weighted by Gasteiger charge is -2.37. The van der Waals surface area contributed by atoms with Crippen LogP contribution in [-0.2, 0) is 6.54 Å². The fourth-order valence-corrected chi connectivity index (χ4v) is 2.84. The van der Waals surface area contributed by atoms with Crippen molar-refractivity contribution in [3.05, 3.63) is 33.8 Å². The SMILES string of the molecule is CN1CCN(C)C(CNCc2ccc(Cl)cc2Cl)C1. The standard InChI is InChI=1S/C14H21Cl2N3/c1-18-5-6-19(2)13(10-18)9-17-8-11-3-4-12(15)7-14(11)16/h3-4,7,13,17H,5-6,8-10H2,1-2H3. The lowest BCUT2D eigenvalue weighted by Crippen LogP contribution is -2.53. The van der Waals surface area contributed by atoms with E-state index in [4.69, 9.17) is 23.2 Å². The van der Waals surface area contributed by atoms with E-state index >= 15 is 0 Å². The molecule has 0 spiro atoms. The first-order chi connectivity index (χ1) is 9.06. The predicted octanol–water partition coefficient (Wildman–Crippen LogP) is 2.33. The normalized spacial score (nSPS) is 21.8. The average Bonchev–Trinajstić information content (AvgIpc) is 2.36. The molecular formula is C14H21Cl2N3. The topological polar surface area (TPSA) is 18.5 Å². The van der Waals surface area contributed by atoms with Crippen molar-refractivity contribution in [1.82, 2.24) is 15.1 Å². The average molecular weight is 302 g/mol. The highest BCUT2D eigenvalue weighted by Gasteiger charge is 2.21. The van der Waals surface area contributed by atoms with E-state index in [0.29, 0.717) is 11.1 Å². The van der Waals surface area contributed by atoms with Crippen molar-refractivity contribution >= 4 is 23.2 Å². The molecule has 0 saturated carbocycles. The summed E-state index contributed by atoms with van der Waals surface area (Å²) in [6.45, 7) is 5.14. The van der Waals surface area contributed by atoms with Crippen molar-refractivity contribution < 1.29 is 0 Å². The van der Waals surface area contributed by atoms with Crippen LogP contribution < -0.4 is 5.32 Å². The molecule has 1 aromatic rings. The summed E-state index contributed by atoms with van der Waals surface area (Å²) >= 11 is 12.1. The van der Waals surface area contributed by atoms with Crippen LogP contribution in [0.1, 0.15) is 5.56 Å². The molecule has 1 aliphatic heterocycles. The Morgan fingerprint density at radius 1 is 1.26 bits per heavy atom. The summed E-state index contributed by atoms with van der Waals surface area (Å²) in [7, 11) is 4.37. The number of halogens is 2. The van der Waals surface area contributed by atoms with E-state index in [1.54, 1.807) is 6.07 Å². The summed E-state index contributed by atoms with van der Waals surface area (Å²) < 4.78 is 0. The second-order valence-electron chi connectivity index (χ2n) is 5.26. The van der Waals surface area contributed by atoms with Crippen LogP contribution in [0.15, 0.2) is 18.2 Å². The third-order valence-electron chi connectivity index (χ3n) is 3.69. The first-order valence-corrected chi connectivity index (χ1v) is 7.35. The van der Waals surface area contributed by atoms with E-state index in [2.05, 4.69) is 29.2 Å². The number of hydrogen-bond acceptors (Lipinski definition) is 3. The molecule has 0 bridgehead atoms. The van der Waals surface area contributed by atoms with Crippen LogP contribution >= 0.6 is 23.2 Å². The molecule has 1 aliphatic rings. The van der Waals surface area contributed by atoms with E-state index in [9.17, 15) is 0 Å². The zero-order chi connectivity index (χ0) is 13.8. The Morgan fingerprint density at radius 3 is 2.79 bits per heavy atom. The molecule has 2 rings (SSSR count). The van der Waals surface area contributed by atoms with Crippen molar-refractivity contribution in [2.75, 3.05) is 40.3 Å². The minimum atomic E-state index is 0.560. The third kappa shape index (κ3) is 4.33. The van der Waals surface area contributed by atoms with Gasteiger partial charge in [0, 0.05) is 48.8 Å². The summed E-state index contributed by atoms with van der Waals surface area (Å²) in [4.78, 5) is 4.79. The zero-order valence-corrected chi connectivity index (χ0v) is 13.0. The Hall–Kier alpha value is -0.320. The Balaban J connectivity index is 1.82.